The molecule has 0 N–H and O–H groups in total. The maximum Gasteiger partial charge on any atom is 0.358 e. The number of hydrogen-bond acceptors (Lipinski definition) is 6. The summed E-state index contributed by atoms with van der Waals surface area (Å²) in [6.07, 6.45) is 0.800. The summed E-state index contributed by atoms with van der Waals surface area (Å²) in [6, 6.07) is 13.4. The van der Waals surface area contributed by atoms with Gasteiger partial charge in [-0.1, -0.05) is 74.6 Å². The first-order valence-corrected chi connectivity index (χ1v) is 11.7. The lowest BCUT2D eigenvalue weighted by Gasteiger charge is -2.19. The zero-order chi connectivity index (χ0) is 19.6. The maximum absolute atomic E-state index is 12.3. The Kier molecular flexibility index (Phi) is 6.40. The SMILES string of the molecule is CS(=O)(=O)C(Cl)(Cl)C(=NOS(=O)(=O)c1ccc(Br)cc1)c1ccccc1. The maximum atomic E-state index is 12.3. The predicted octanol–water partition coefficient (Wildman–Crippen LogP) is 3.73. The van der Waals surface area contributed by atoms with Crippen molar-refractivity contribution >= 4 is 64.8 Å². The van der Waals surface area contributed by atoms with Crippen molar-refractivity contribution in [3.8, 4) is 0 Å². The Labute approximate surface area is 169 Å². The molecular weight excluding hydrogens is 489 g/mol. The average molecular weight is 501 g/mol. The van der Waals surface area contributed by atoms with Crippen molar-refractivity contribution in [2.24, 2.45) is 5.16 Å². The van der Waals surface area contributed by atoms with Crippen LogP contribution in [-0.4, -0.2) is 32.5 Å². The van der Waals surface area contributed by atoms with Crippen LogP contribution in [0, 0.1) is 0 Å². The second kappa shape index (κ2) is 7.85. The second-order valence-corrected chi connectivity index (χ2v) is 11.5. The lowest BCUT2D eigenvalue weighted by Crippen LogP contribution is -2.36. The summed E-state index contributed by atoms with van der Waals surface area (Å²) in [5.74, 6) is 0. The van der Waals surface area contributed by atoms with Gasteiger partial charge in [-0.2, -0.15) is 8.42 Å². The fourth-order valence-corrected chi connectivity index (χ4v) is 3.56. The fraction of sp³-hybridized carbons (Fsp3) is 0.133. The molecule has 0 radical (unpaired) electrons. The van der Waals surface area contributed by atoms with Crippen molar-refractivity contribution in [3.63, 3.8) is 0 Å². The van der Waals surface area contributed by atoms with Crippen molar-refractivity contribution in [2.75, 3.05) is 6.26 Å². The number of rotatable bonds is 6. The normalized spacial score (nSPS) is 13.5. The molecular formula is C15H12BrCl2NO5S2. The van der Waals surface area contributed by atoms with Gasteiger partial charge in [-0.05, 0) is 24.3 Å². The van der Waals surface area contributed by atoms with Gasteiger partial charge in [-0.25, -0.2) is 8.42 Å². The van der Waals surface area contributed by atoms with Crippen LogP contribution in [0.15, 0.2) is 69.1 Å². The molecule has 0 unspecified atom stereocenters. The van der Waals surface area contributed by atoms with Crippen LogP contribution in [0.4, 0.5) is 0 Å². The predicted molar refractivity (Wildman–Crippen MR) is 105 cm³/mol. The second-order valence-electron chi connectivity index (χ2n) is 5.08. The van der Waals surface area contributed by atoms with E-state index in [1.54, 1.807) is 18.2 Å². The van der Waals surface area contributed by atoms with Gasteiger partial charge in [-0.15, -0.1) is 0 Å². The number of hydrogen-bond donors (Lipinski definition) is 0. The van der Waals surface area contributed by atoms with Crippen molar-refractivity contribution in [1.29, 1.82) is 0 Å². The van der Waals surface area contributed by atoms with E-state index in [-0.39, 0.29) is 10.5 Å². The summed E-state index contributed by atoms with van der Waals surface area (Å²) < 4.78 is 51.3. The molecule has 0 heterocycles. The summed E-state index contributed by atoms with van der Waals surface area (Å²) in [7, 11) is -8.37. The molecule has 2 aromatic rings. The smallest absolute Gasteiger partial charge is 0.264 e. The lowest BCUT2D eigenvalue weighted by atomic mass is 10.1. The number of sulfone groups is 1. The number of benzene rings is 2. The Morgan fingerprint density at radius 3 is 2.04 bits per heavy atom. The molecule has 2 rings (SSSR count). The van der Waals surface area contributed by atoms with Crippen molar-refractivity contribution in [3.05, 3.63) is 64.6 Å². The monoisotopic (exact) mass is 499 g/mol. The Morgan fingerprint density at radius 1 is 1.00 bits per heavy atom. The molecule has 140 valence electrons. The summed E-state index contributed by atoms with van der Waals surface area (Å²) in [5.41, 5.74) is -0.279. The minimum absolute atomic E-state index is 0.175. The van der Waals surface area contributed by atoms with Crippen molar-refractivity contribution in [2.45, 2.75) is 8.56 Å². The van der Waals surface area contributed by atoms with Crippen LogP contribution in [0.25, 0.3) is 0 Å². The van der Waals surface area contributed by atoms with E-state index in [0.29, 0.717) is 4.47 Å². The summed E-state index contributed by atoms with van der Waals surface area (Å²) in [6.45, 7) is 0. The zero-order valence-electron chi connectivity index (χ0n) is 13.1. The molecule has 0 saturated carbocycles. The molecule has 2 aromatic carbocycles. The summed E-state index contributed by atoms with van der Waals surface area (Å²) in [5, 5.41) is 3.48. The Morgan fingerprint density at radius 2 is 1.54 bits per heavy atom. The molecule has 26 heavy (non-hydrogen) atoms. The Balaban J connectivity index is 2.51. The Bertz CT molecular complexity index is 1020. The van der Waals surface area contributed by atoms with Crippen molar-refractivity contribution < 1.29 is 21.1 Å². The van der Waals surface area contributed by atoms with E-state index in [2.05, 4.69) is 25.4 Å². The van der Waals surface area contributed by atoms with E-state index < -0.39 is 29.3 Å². The Hall–Kier alpha value is -1.13. The van der Waals surface area contributed by atoms with Crippen LogP contribution in [-0.2, 0) is 24.2 Å². The van der Waals surface area contributed by atoms with Gasteiger partial charge in [0.2, 0.25) is 0 Å². The highest BCUT2D eigenvalue weighted by Gasteiger charge is 2.44. The first-order chi connectivity index (χ1) is 11.9. The number of nitrogens with zero attached hydrogens (tertiary/aromatic N) is 1. The zero-order valence-corrected chi connectivity index (χ0v) is 17.9. The molecule has 0 aliphatic carbocycles. The summed E-state index contributed by atoms with van der Waals surface area (Å²) >= 11 is 15.1. The van der Waals surface area contributed by atoms with Crippen LogP contribution in [0.1, 0.15) is 5.56 Å². The molecule has 0 atom stereocenters. The van der Waals surface area contributed by atoms with Gasteiger partial charge in [-0.3, -0.25) is 4.28 Å². The minimum Gasteiger partial charge on any atom is -0.264 e. The largest absolute Gasteiger partial charge is 0.358 e. The van der Waals surface area contributed by atoms with Gasteiger partial charge in [0.05, 0.1) is 0 Å². The van der Waals surface area contributed by atoms with E-state index in [1.807, 2.05) is 0 Å². The molecule has 0 aromatic heterocycles. The van der Waals surface area contributed by atoms with E-state index in [1.165, 1.54) is 36.4 Å². The first-order valence-electron chi connectivity index (χ1n) is 6.86. The summed E-state index contributed by atoms with van der Waals surface area (Å²) in [4.78, 5) is -0.175. The molecule has 6 nitrogen and oxygen atoms in total. The molecule has 0 bridgehead atoms. The van der Waals surface area contributed by atoms with Gasteiger partial charge in [0.1, 0.15) is 10.6 Å². The third kappa shape index (κ3) is 4.77. The molecule has 0 aliphatic rings. The molecule has 0 aliphatic heterocycles. The highest BCUT2D eigenvalue weighted by molar-refractivity contribution is 9.10. The highest BCUT2D eigenvalue weighted by Crippen LogP contribution is 2.33. The van der Waals surface area contributed by atoms with E-state index >= 15 is 0 Å². The van der Waals surface area contributed by atoms with Crippen molar-refractivity contribution in [1.82, 2.24) is 0 Å². The van der Waals surface area contributed by atoms with Gasteiger partial charge in [0.15, 0.2) is 9.84 Å². The topological polar surface area (TPSA) is 89.9 Å². The van der Waals surface area contributed by atoms with Crippen LogP contribution in [0.3, 0.4) is 0 Å². The number of halogens is 3. The van der Waals surface area contributed by atoms with E-state index in [0.717, 1.165) is 6.26 Å². The molecule has 0 fully saturated rings. The van der Waals surface area contributed by atoms with Gasteiger partial charge in [0.25, 0.3) is 3.67 Å². The molecule has 0 saturated heterocycles. The lowest BCUT2D eigenvalue weighted by molar-refractivity contribution is 0.338. The quantitative estimate of drug-likeness (QED) is 0.342. The van der Waals surface area contributed by atoms with E-state index in [4.69, 9.17) is 23.2 Å². The van der Waals surface area contributed by atoms with Crippen LogP contribution in [0.2, 0.25) is 0 Å². The highest BCUT2D eigenvalue weighted by atomic mass is 79.9. The fourth-order valence-electron chi connectivity index (χ4n) is 1.78. The number of alkyl halides is 2. The van der Waals surface area contributed by atoms with Crippen LogP contribution >= 0.6 is 39.1 Å². The average Bonchev–Trinajstić information content (AvgIpc) is 2.55. The van der Waals surface area contributed by atoms with E-state index in [9.17, 15) is 16.8 Å². The minimum atomic E-state index is -4.31. The van der Waals surface area contributed by atoms with Crippen LogP contribution < -0.4 is 0 Å². The number of oxime groups is 1. The van der Waals surface area contributed by atoms with Gasteiger partial charge >= 0.3 is 10.1 Å². The standard InChI is InChI=1S/C15H12BrCl2NO5S2/c1-25(20,21)15(17,18)14(11-5-3-2-4-6-11)19-24-26(22,23)13-9-7-12(16)8-10-13/h2-10H,1H3. The third-order valence-corrected chi connectivity index (χ3v) is 7.93. The molecule has 11 heteroatoms. The third-order valence-electron chi connectivity index (χ3n) is 3.12. The molecule has 0 amide bonds. The van der Waals surface area contributed by atoms with Gasteiger partial charge in [0, 0.05) is 16.3 Å². The first kappa shape index (κ1) is 21.2. The van der Waals surface area contributed by atoms with Crippen LogP contribution in [0.5, 0.6) is 0 Å². The van der Waals surface area contributed by atoms with Gasteiger partial charge < -0.3 is 0 Å². The molecule has 0 spiro atoms.